The summed E-state index contributed by atoms with van der Waals surface area (Å²) < 4.78 is 8.74. The number of aromatic nitrogens is 4. The predicted octanol–water partition coefficient (Wildman–Crippen LogP) is -1.41. The first-order valence-electron chi connectivity index (χ1n) is 3.61. The normalized spacial score (nSPS) is 10.1. The number of fused-ring (bicyclic) bond motifs is 1. The van der Waals surface area contributed by atoms with E-state index in [0.717, 1.165) is 0 Å². The summed E-state index contributed by atoms with van der Waals surface area (Å²) >= 11 is 0. The first-order chi connectivity index (χ1) is 7.00. The third kappa shape index (κ3) is 3.17. The van der Waals surface area contributed by atoms with Gasteiger partial charge in [-0.1, -0.05) is 0 Å². The third-order valence-corrected chi connectivity index (χ3v) is 1.31. The maximum Gasteiger partial charge on any atom is 0.314 e. The van der Waals surface area contributed by atoms with Crippen LogP contribution in [-0.4, -0.2) is 29.7 Å². The number of nitrogen functional groups attached to an aromatic ring is 1. The zero-order chi connectivity index (χ0) is 11.4. The van der Waals surface area contributed by atoms with Crippen LogP contribution in [0.15, 0.2) is 11.1 Å². The van der Waals surface area contributed by atoms with Crippen molar-refractivity contribution in [3.05, 3.63) is 16.7 Å². The second-order valence-corrected chi connectivity index (χ2v) is 2.90. The van der Waals surface area contributed by atoms with Gasteiger partial charge in [-0.15, -0.1) is 0 Å². The lowest BCUT2D eigenvalue weighted by Gasteiger charge is -1.89. The van der Waals surface area contributed by atoms with Gasteiger partial charge in [0.2, 0.25) is 5.95 Å². The zero-order valence-corrected chi connectivity index (χ0v) is 8.26. The molecule has 2 heterocycles. The average molecular weight is 233 g/mol. The fraction of sp³-hybridized carbons (Fsp3) is 0. The minimum atomic E-state index is -3.13. The van der Waals surface area contributed by atoms with Crippen molar-refractivity contribution in [2.75, 3.05) is 5.73 Å². The second kappa shape index (κ2) is 4.69. The molecule has 82 valence electrons. The Morgan fingerprint density at radius 2 is 2.07 bits per heavy atom. The molecule has 0 unspecified atom stereocenters. The molecule has 10 heteroatoms. The number of rotatable bonds is 0. The molecular formula is C5H8N5O4P. The fourth-order valence-corrected chi connectivity index (χ4v) is 0.863. The number of H-pyrrole nitrogens is 2. The monoisotopic (exact) mass is 233 g/mol. The van der Waals surface area contributed by atoms with E-state index in [9.17, 15) is 4.79 Å². The SMILES string of the molecule is Nc1nc2[nH]cnc2c(=O)[nH]1.O=[PH](O)O. The maximum atomic E-state index is 11.0. The lowest BCUT2D eigenvalue weighted by atomic mass is 10.5. The van der Waals surface area contributed by atoms with Crippen molar-refractivity contribution in [3.63, 3.8) is 0 Å². The van der Waals surface area contributed by atoms with Crippen molar-refractivity contribution in [1.82, 2.24) is 19.9 Å². The molecule has 6 N–H and O–H groups in total. The van der Waals surface area contributed by atoms with Crippen LogP contribution in [0, 0.1) is 0 Å². The third-order valence-electron chi connectivity index (χ3n) is 1.31. The molecule has 0 saturated heterocycles. The fourth-order valence-electron chi connectivity index (χ4n) is 0.863. The van der Waals surface area contributed by atoms with Gasteiger partial charge in [-0.05, 0) is 0 Å². The predicted molar refractivity (Wildman–Crippen MR) is 52.4 cm³/mol. The molecule has 0 aliphatic rings. The smallest absolute Gasteiger partial charge is 0.314 e. The number of nitrogens with zero attached hydrogens (tertiary/aromatic N) is 2. The molecule has 0 spiro atoms. The largest absolute Gasteiger partial charge is 0.369 e. The maximum absolute atomic E-state index is 11.0. The molecule has 0 aliphatic carbocycles. The molecule has 15 heavy (non-hydrogen) atoms. The number of hydrogen-bond donors (Lipinski definition) is 5. The van der Waals surface area contributed by atoms with E-state index in [2.05, 4.69) is 19.9 Å². The van der Waals surface area contributed by atoms with Gasteiger partial charge < -0.3 is 20.5 Å². The zero-order valence-electron chi connectivity index (χ0n) is 7.26. The highest BCUT2D eigenvalue weighted by molar-refractivity contribution is 7.30. The van der Waals surface area contributed by atoms with Crippen molar-refractivity contribution >= 4 is 25.4 Å². The molecule has 9 nitrogen and oxygen atoms in total. The van der Waals surface area contributed by atoms with Crippen LogP contribution in [0.5, 0.6) is 0 Å². The molecule has 0 atom stereocenters. The Morgan fingerprint density at radius 1 is 1.47 bits per heavy atom. The highest BCUT2D eigenvalue weighted by Crippen LogP contribution is 1.99. The van der Waals surface area contributed by atoms with Crippen molar-refractivity contribution < 1.29 is 14.4 Å². The molecule has 0 aliphatic heterocycles. The van der Waals surface area contributed by atoms with Crippen LogP contribution in [0.4, 0.5) is 5.95 Å². The molecule has 0 amide bonds. The minimum absolute atomic E-state index is 0.0896. The molecule has 2 aromatic rings. The Kier molecular flexibility index (Phi) is 3.56. The average Bonchev–Trinajstić information content (AvgIpc) is 2.50. The van der Waals surface area contributed by atoms with Gasteiger partial charge in [0.25, 0.3) is 5.56 Å². The summed E-state index contributed by atoms with van der Waals surface area (Å²) in [4.78, 5) is 37.9. The summed E-state index contributed by atoms with van der Waals surface area (Å²) in [7, 11) is -3.13. The molecule has 2 aromatic heterocycles. The summed E-state index contributed by atoms with van der Waals surface area (Å²) in [6.07, 6.45) is 1.40. The van der Waals surface area contributed by atoms with Crippen LogP contribution >= 0.6 is 8.25 Å². The van der Waals surface area contributed by atoms with Crippen molar-refractivity contribution in [1.29, 1.82) is 0 Å². The number of aromatic amines is 2. The molecule has 0 aromatic carbocycles. The Bertz CT molecular complexity index is 529. The molecular weight excluding hydrogens is 225 g/mol. The van der Waals surface area contributed by atoms with Crippen LogP contribution in [0.3, 0.4) is 0 Å². The van der Waals surface area contributed by atoms with Gasteiger partial charge in [0.05, 0.1) is 6.33 Å². The van der Waals surface area contributed by atoms with Gasteiger partial charge in [-0.25, -0.2) is 4.98 Å². The van der Waals surface area contributed by atoms with Crippen molar-refractivity contribution in [2.45, 2.75) is 0 Å². The van der Waals surface area contributed by atoms with Gasteiger partial charge in [0, 0.05) is 0 Å². The molecule has 0 fully saturated rings. The minimum Gasteiger partial charge on any atom is -0.369 e. The van der Waals surface area contributed by atoms with Crippen LogP contribution in [0.1, 0.15) is 0 Å². The van der Waals surface area contributed by atoms with Gasteiger partial charge in [0.15, 0.2) is 11.2 Å². The summed E-state index contributed by atoms with van der Waals surface area (Å²) in [5.74, 6) is 0.0896. The van der Waals surface area contributed by atoms with E-state index >= 15 is 0 Å². The second-order valence-electron chi connectivity index (χ2n) is 2.33. The lowest BCUT2D eigenvalue weighted by Crippen LogP contribution is -2.10. The molecule has 2 rings (SSSR count). The molecule has 0 bridgehead atoms. The molecule has 0 saturated carbocycles. The van der Waals surface area contributed by atoms with Crippen LogP contribution < -0.4 is 11.3 Å². The summed E-state index contributed by atoms with van der Waals surface area (Å²) in [6.45, 7) is 0. The van der Waals surface area contributed by atoms with Crippen molar-refractivity contribution in [3.8, 4) is 0 Å². The quantitative estimate of drug-likeness (QED) is 0.349. The highest BCUT2D eigenvalue weighted by Gasteiger charge is 2.01. The number of anilines is 1. The van der Waals surface area contributed by atoms with E-state index in [1.54, 1.807) is 0 Å². The van der Waals surface area contributed by atoms with Crippen LogP contribution in [0.2, 0.25) is 0 Å². The standard InChI is InChI=1S/C5H5N5O.H3O3P/c6-5-9-3-2(4(11)10-5)7-1-8-3;1-4(2)3/h1H,(H4,6,7,8,9,10,11);4H,(H2,1,2,3). The van der Waals surface area contributed by atoms with Gasteiger partial charge >= 0.3 is 8.25 Å². The van der Waals surface area contributed by atoms with Crippen LogP contribution in [-0.2, 0) is 4.57 Å². The lowest BCUT2D eigenvalue weighted by molar-refractivity contribution is 0.405. The first kappa shape index (κ1) is 11.4. The number of nitrogens with one attached hydrogen (secondary N) is 2. The van der Waals surface area contributed by atoms with E-state index in [0.29, 0.717) is 5.65 Å². The van der Waals surface area contributed by atoms with Crippen molar-refractivity contribution in [2.24, 2.45) is 0 Å². The summed E-state index contributed by atoms with van der Waals surface area (Å²) in [6, 6.07) is 0. The Hall–Kier alpha value is -1.70. The van der Waals surface area contributed by atoms with Gasteiger partial charge in [-0.2, -0.15) is 4.98 Å². The Labute approximate surface area is 83.0 Å². The van der Waals surface area contributed by atoms with E-state index in [4.69, 9.17) is 20.1 Å². The first-order valence-corrected chi connectivity index (χ1v) is 4.91. The van der Waals surface area contributed by atoms with E-state index in [1.807, 2.05) is 0 Å². The summed E-state index contributed by atoms with van der Waals surface area (Å²) in [5.41, 5.74) is 5.63. The van der Waals surface area contributed by atoms with E-state index in [1.165, 1.54) is 6.33 Å². The van der Waals surface area contributed by atoms with Gasteiger partial charge in [0.1, 0.15) is 0 Å². The topological polar surface area (TPSA) is 158 Å². The Balaban J connectivity index is 0.000000245. The van der Waals surface area contributed by atoms with Crippen LogP contribution in [0.25, 0.3) is 11.2 Å². The molecule has 0 radical (unpaired) electrons. The van der Waals surface area contributed by atoms with E-state index < -0.39 is 8.25 Å². The summed E-state index contributed by atoms with van der Waals surface area (Å²) in [5, 5.41) is 0. The Morgan fingerprint density at radius 3 is 2.67 bits per heavy atom. The highest BCUT2D eigenvalue weighted by atomic mass is 31.1. The number of hydrogen-bond acceptors (Lipinski definition) is 5. The number of nitrogens with two attached hydrogens (primary N) is 1. The number of imidazole rings is 1. The van der Waals surface area contributed by atoms with Gasteiger partial charge in [-0.3, -0.25) is 14.3 Å². The van der Waals surface area contributed by atoms with E-state index in [-0.39, 0.29) is 17.0 Å².